The highest BCUT2D eigenvalue weighted by molar-refractivity contribution is 7.39. The number of rotatable bonds is 8. The van der Waals surface area contributed by atoms with Crippen molar-refractivity contribution in [3.05, 3.63) is 59.7 Å². The maximum absolute atomic E-state index is 12.3. The Labute approximate surface area is 165 Å². The zero-order chi connectivity index (χ0) is 20.1. The normalized spacial score (nSPS) is 17.0. The van der Waals surface area contributed by atoms with Crippen LogP contribution in [0.4, 0.5) is 5.69 Å². The minimum atomic E-state index is -2.46. The highest BCUT2D eigenvalue weighted by Crippen LogP contribution is 2.29. The van der Waals surface area contributed by atoms with Crippen LogP contribution < -0.4 is 9.42 Å². The number of nitrogens with zero attached hydrogens (tertiary/aromatic N) is 1. The van der Waals surface area contributed by atoms with Crippen molar-refractivity contribution in [2.24, 2.45) is 0 Å². The molecule has 1 aliphatic rings. The lowest BCUT2D eigenvalue weighted by Gasteiger charge is -2.24. The molecule has 0 spiro atoms. The fraction of sp³-hybridized carbons (Fsp3) is 0.350. The SMILES string of the molecule is CC(C)c1cccc(N2C(=O)COC2COCc2cccc(OP(O)O)c2)c1. The number of amides is 1. The molecule has 2 aromatic carbocycles. The summed E-state index contributed by atoms with van der Waals surface area (Å²) >= 11 is 0. The van der Waals surface area contributed by atoms with Gasteiger partial charge in [-0.3, -0.25) is 9.69 Å². The molecule has 3 rings (SSSR count). The van der Waals surface area contributed by atoms with Gasteiger partial charge in [-0.15, -0.1) is 0 Å². The van der Waals surface area contributed by atoms with E-state index in [0.29, 0.717) is 11.7 Å². The second-order valence-electron chi connectivity index (χ2n) is 6.79. The molecule has 1 heterocycles. The summed E-state index contributed by atoms with van der Waals surface area (Å²) in [4.78, 5) is 31.9. The van der Waals surface area contributed by atoms with Crippen LogP contribution in [-0.2, 0) is 20.9 Å². The maximum atomic E-state index is 12.3. The molecule has 1 aliphatic heterocycles. The van der Waals surface area contributed by atoms with Crippen molar-refractivity contribution in [3.8, 4) is 5.75 Å². The first kappa shape index (κ1) is 20.7. The molecule has 0 saturated carbocycles. The molecule has 8 heteroatoms. The molecule has 7 nitrogen and oxygen atoms in total. The minimum Gasteiger partial charge on any atom is -0.427 e. The third-order valence-corrected chi connectivity index (χ3v) is 4.76. The van der Waals surface area contributed by atoms with Gasteiger partial charge in [-0.05, 0) is 41.3 Å². The lowest BCUT2D eigenvalue weighted by Crippen LogP contribution is -2.37. The van der Waals surface area contributed by atoms with Crippen LogP contribution >= 0.6 is 8.60 Å². The van der Waals surface area contributed by atoms with Crippen molar-refractivity contribution < 1.29 is 28.6 Å². The molecular formula is C20H24NO6P. The first-order valence-corrected chi connectivity index (χ1v) is 10.2. The molecule has 2 N–H and O–H groups in total. The number of hydrogen-bond donors (Lipinski definition) is 2. The monoisotopic (exact) mass is 405 g/mol. The minimum absolute atomic E-state index is 0.0276. The summed E-state index contributed by atoms with van der Waals surface area (Å²) in [5.74, 6) is 0.627. The molecule has 1 unspecified atom stereocenters. The third kappa shape index (κ3) is 5.28. The van der Waals surface area contributed by atoms with Gasteiger partial charge in [0.25, 0.3) is 5.91 Å². The average Bonchev–Trinajstić information content (AvgIpc) is 3.02. The molecule has 0 aliphatic carbocycles. The zero-order valence-electron chi connectivity index (χ0n) is 15.8. The highest BCUT2D eigenvalue weighted by atomic mass is 31.2. The Kier molecular flexibility index (Phi) is 6.99. The van der Waals surface area contributed by atoms with Crippen molar-refractivity contribution in [3.63, 3.8) is 0 Å². The quantitative estimate of drug-likeness (QED) is 0.655. The van der Waals surface area contributed by atoms with E-state index in [4.69, 9.17) is 23.8 Å². The second-order valence-corrected chi connectivity index (χ2v) is 7.47. The van der Waals surface area contributed by atoms with Crippen LogP contribution in [0.5, 0.6) is 5.75 Å². The summed E-state index contributed by atoms with van der Waals surface area (Å²) in [5.41, 5.74) is 2.77. The van der Waals surface area contributed by atoms with Gasteiger partial charge in [-0.2, -0.15) is 0 Å². The van der Waals surface area contributed by atoms with Crippen molar-refractivity contribution >= 4 is 20.2 Å². The molecular weight excluding hydrogens is 381 g/mol. The van der Waals surface area contributed by atoms with Crippen LogP contribution in [0.2, 0.25) is 0 Å². The largest absolute Gasteiger partial charge is 0.427 e. The maximum Gasteiger partial charge on any atom is 0.391 e. The molecule has 0 radical (unpaired) electrons. The van der Waals surface area contributed by atoms with Crippen LogP contribution in [-0.4, -0.2) is 35.1 Å². The molecule has 1 fully saturated rings. The fourth-order valence-electron chi connectivity index (χ4n) is 3.00. The number of benzene rings is 2. The summed E-state index contributed by atoms with van der Waals surface area (Å²) in [7, 11) is -2.46. The summed E-state index contributed by atoms with van der Waals surface area (Å²) < 4.78 is 16.3. The first-order valence-electron chi connectivity index (χ1n) is 9.00. The van der Waals surface area contributed by atoms with E-state index in [0.717, 1.165) is 16.8 Å². The van der Waals surface area contributed by atoms with E-state index in [1.54, 1.807) is 23.1 Å². The van der Waals surface area contributed by atoms with Crippen LogP contribution in [0.15, 0.2) is 48.5 Å². The second kappa shape index (κ2) is 9.45. The summed E-state index contributed by atoms with van der Waals surface area (Å²) in [6.45, 7) is 4.74. The predicted molar refractivity (Wildman–Crippen MR) is 106 cm³/mol. The molecule has 28 heavy (non-hydrogen) atoms. The van der Waals surface area contributed by atoms with Crippen molar-refractivity contribution in [1.82, 2.24) is 0 Å². The lowest BCUT2D eigenvalue weighted by atomic mass is 10.0. The molecule has 150 valence electrons. The van der Waals surface area contributed by atoms with E-state index in [2.05, 4.69) is 13.8 Å². The van der Waals surface area contributed by atoms with Gasteiger partial charge in [0.2, 0.25) is 0 Å². The lowest BCUT2D eigenvalue weighted by molar-refractivity contribution is -0.117. The van der Waals surface area contributed by atoms with Gasteiger partial charge in [-0.25, -0.2) is 0 Å². The van der Waals surface area contributed by atoms with Crippen molar-refractivity contribution in [2.45, 2.75) is 32.6 Å². The van der Waals surface area contributed by atoms with E-state index in [-0.39, 0.29) is 25.7 Å². The summed E-state index contributed by atoms with van der Waals surface area (Å²) in [6, 6.07) is 14.8. The number of ether oxygens (including phenoxy) is 2. The standard InChI is InChI=1S/C20H24NO6P/c1-14(2)16-6-4-7-17(10-16)21-19(22)12-26-20(21)13-25-11-15-5-3-8-18(9-15)27-28(23)24/h3-10,14,20,23-24H,11-13H2,1-2H3. The molecule has 1 saturated heterocycles. The van der Waals surface area contributed by atoms with Gasteiger partial charge < -0.3 is 23.8 Å². The van der Waals surface area contributed by atoms with E-state index in [9.17, 15) is 4.79 Å². The van der Waals surface area contributed by atoms with E-state index in [1.807, 2.05) is 30.3 Å². The summed E-state index contributed by atoms with van der Waals surface area (Å²) in [6.07, 6.45) is -0.489. The van der Waals surface area contributed by atoms with Crippen LogP contribution in [0.25, 0.3) is 0 Å². The van der Waals surface area contributed by atoms with Gasteiger partial charge in [0.15, 0.2) is 6.23 Å². The molecule has 1 amide bonds. The number of carbonyl (C=O) groups excluding carboxylic acids is 1. The van der Waals surface area contributed by atoms with Crippen molar-refractivity contribution in [2.75, 3.05) is 18.1 Å². The fourth-order valence-corrected chi connectivity index (χ4v) is 3.30. The van der Waals surface area contributed by atoms with Gasteiger partial charge in [0.05, 0.1) is 13.2 Å². The number of carbonyl (C=O) groups is 1. The summed E-state index contributed by atoms with van der Waals surface area (Å²) in [5, 5.41) is 0. The van der Waals surface area contributed by atoms with Gasteiger partial charge in [0, 0.05) is 5.69 Å². The molecule has 0 bridgehead atoms. The predicted octanol–water partition coefficient (Wildman–Crippen LogP) is 3.31. The molecule has 2 aromatic rings. The van der Waals surface area contributed by atoms with Gasteiger partial charge >= 0.3 is 8.60 Å². The van der Waals surface area contributed by atoms with Crippen LogP contribution in [0, 0.1) is 0 Å². The van der Waals surface area contributed by atoms with E-state index < -0.39 is 14.8 Å². The Hall–Kier alpha value is -2.02. The molecule has 0 aromatic heterocycles. The van der Waals surface area contributed by atoms with Crippen molar-refractivity contribution in [1.29, 1.82) is 0 Å². The Balaban J connectivity index is 1.62. The first-order chi connectivity index (χ1) is 13.4. The Morgan fingerprint density at radius 2 is 2.00 bits per heavy atom. The Bertz CT molecular complexity index is 813. The molecule has 1 atom stereocenters. The topological polar surface area (TPSA) is 88.5 Å². The number of hydrogen-bond acceptors (Lipinski definition) is 6. The Morgan fingerprint density at radius 1 is 1.21 bits per heavy atom. The van der Waals surface area contributed by atoms with Crippen LogP contribution in [0.1, 0.15) is 30.9 Å². The third-order valence-electron chi connectivity index (χ3n) is 4.39. The smallest absolute Gasteiger partial charge is 0.391 e. The van der Waals surface area contributed by atoms with Crippen LogP contribution in [0.3, 0.4) is 0 Å². The number of anilines is 1. The zero-order valence-corrected chi connectivity index (χ0v) is 16.7. The van der Waals surface area contributed by atoms with Gasteiger partial charge in [0.1, 0.15) is 12.4 Å². The van der Waals surface area contributed by atoms with E-state index >= 15 is 0 Å². The highest BCUT2D eigenvalue weighted by Gasteiger charge is 2.33. The van der Waals surface area contributed by atoms with E-state index in [1.165, 1.54) is 0 Å². The average molecular weight is 405 g/mol. The Morgan fingerprint density at radius 3 is 2.75 bits per heavy atom. The van der Waals surface area contributed by atoms with Gasteiger partial charge in [-0.1, -0.05) is 38.1 Å².